The Morgan fingerprint density at radius 3 is 2.76 bits per heavy atom. The van der Waals surface area contributed by atoms with E-state index in [0.29, 0.717) is 21.4 Å². The number of carbonyl (C=O) groups excluding carboxylic acids is 1. The third-order valence-corrected chi connectivity index (χ3v) is 3.88. The van der Waals surface area contributed by atoms with Crippen LogP contribution in [0, 0.1) is 0 Å². The summed E-state index contributed by atoms with van der Waals surface area (Å²) < 4.78 is 0.506. The SMILES string of the molecule is CSCC[C@@H](NC(=O)c1ccc(Cl)s1)C(=O)O. The van der Waals surface area contributed by atoms with E-state index in [1.54, 1.807) is 23.9 Å². The molecule has 0 aliphatic carbocycles. The molecule has 0 aliphatic heterocycles. The molecule has 0 saturated heterocycles. The highest BCUT2D eigenvalue weighted by Crippen LogP contribution is 2.21. The number of aliphatic carboxylic acids is 1. The van der Waals surface area contributed by atoms with Crippen LogP contribution in [0.3, 0.4) is 0 Å². The smallest absolute Gasteiger partial charge is 0.326 e. The Hall–Kier alpha value is -0.720. The largest absolute Gasteiger partial charge is 0.480 e. The average Bonchev–Trinajstić information content (AvgIpc) is 2.70. The molecule has 0 saturated carbocycles. The summed E-state index contributed by atoms with van der Waals surface area (Å²) >= 11 is 8.38. The van der Waals surface area contributed by atoms with Crippen LogP contribution in [0.2, 0.25) is 4.34 Å². The summed E-state index contributed by atoms with van der Waals surface area (Å²) in [6.45, 7) is 0. The highest BCUT2D eigenvalue weighted by Gasteiger charge is 2.20. The number of nitrogens with one attached hydrogen (secondary N) is 1. The van der Waals surface area contributed by atoms with Crippen LogP contribution in [0.25, 0.3) is 0 Å². The molecular formula is C10H12ClNO3S2. The summed E-state index contributed by atoms with van der Waals surface area (Å²) in [5, 5.41) is 11.4. The van der Waals surface area contributed by atoms with Crippen molar-refractivity contribution in [3.8, 4) is 0 Å². The van der Waals surface area contributed by atoms with Crippen molar-refractivity contribution in [1.29, 1.82) is 0 Å². The molecule has 4 nitrogen and oxygen atoms in total. The van der Waals surface area contributed by atoms with Gasteiger partial charge in [-0.05, 0) is 30.6 Å². The molecule has 1 atom stereocenters. The first kappa shape index (κ1) is 14.3. The fourth-order valence-electron chi connectivity index (χ4n) is 1.16. The zero-order chi connectivity index (χ0) is 12.8. The number of rotatable bonds is 6. The maximum atomic E-state index is 11.7. The molecule has 1 amide bonds. The van der Waals surface area contributed by atoms with E-state index in [2.05, 4.69) is 5.32 Å². The van der Waals surface area contributed by atoms with Gasteiger partial charge in [-0.15, -0.1) is 11.3 Å². The summed E-state index contributed by atoms with van der Waals surface area (Å²) in [5.74, 6) is -0.729. The normalized spacial score (nSPS) is 12.1. The number of thioether (sulfide) groups is 1. The summed E-state index contributed by atoms with van der Waals surface area (Å²) in [6, 6.07) is 2.34. The maximum absolute atomic E-state index is 11.7. The molecule has 7 heteroatoms. The first-order valence-corrected chi connectivity index (χ1v) is 7.41. The molecule has 0 radical (unpaired) electrons. The molecule has 0 spiro atoms. The summed E-state index contributed by atoms with van der Waals surface area (Å²) in [4.78, 5) is 23.1. The molecule has 1 heterocycles. The fourth-order valence-corrected chi connectivity index (χ4v) is 2.58. The minimum atomic E-state index is -1.02. The Morgan fingerprint density at radius 2 is 2.29 bits per heavy atom. The number of carboxylic acid groups (broad SMARTS) is 1. The van der Waals surface area contributed by atoms with Crippen molar-refractivity contribution in [2.24, 2.45) is 0 Å². The molecule has 0 aromatic carbocycles. The minimum Gasteiger partial charge on any atom is -0.480 e. The lowest BCUT2D eigenvalue weighted by Gasteiger charge is -2.12. The average molecular weight is 294 g/mol. The highest BCUT2D eigenvalue weighted by molar-refractivity contribution is 7.98. The molecule has 17 heavy (non-hydrogen) atoms. The van der Waals surface area contributed by atoms with E-state index in [1.165, 1.54) is 0 Å². The van der Waals surface area contributed by atoms with Crippen molar-refractivity contribution in [2.45, 2.75) is 12.5 Å². The summed E-state index contributed by atoms with van der Waals surface area (Å²) in [5.41, 5.74) is 0. The van der Waals surface area contributed by atoms with Crippen molar-refractivity contribution < 1.29 is 14.7 Å². The monoisotopic (exact) mass is 293 g/mol. The molecule has 0 unspecified atom stereocenters. The number of carbonyl (C=O) groups is 2. The van der Waals surface area contributed by atoms with Crippen LogP contribution < -0.4 is 5.32 Å². The van der Waals surface area contributed by atoms with E-state index in [1.807, 2.05) is 6.26 Å². The van der Waals surface area contributed by atoms with Crippen LogP contribution in [0.5, 0.6) is 0 Å². The Bertz CT molecular complexity index is 408. The molecule has 0 bridgehead atoms. The van der Waals surface area contributed by atoms with Crippen molar-refractivity contribution in [1.82, 2.24) is 5.32 Å². The Labute approximate surface area is 112 Å². The number of amides is 1. The molecule has 1 rings (SSSR count). The van der Waals surface area contributed by atoms with Crippen LogP contribution >= 0.6 is 34.7 Å². The second-order valence-corrected chi connectivity index (χ2v) is 5.95. The number of hydrogen-bond donors (Lipinski definition) is 2. The maximum Gasteiger partial charge on any atom is 0.326 e. The zero-order valence-corrected chi connectivity index (χ0v) is 11.5. The van der Waals surface area contributed by atoms with E-state index < -0.39 is 17.9 Å². The van der Waals surface area contributed by atoms with Crippen molar-refractivity contribution in [3.05, 3.63) is 21.3 Å². The van der Waals surface area contributed by atoms with Crippen molar-refractivity contribution in [2.75, 3.05) is 12.0 Å². The highest BCUT2D eigenvalue weighted by atomic mass is 35.5. The van der Waals surface area contributed by atoms with Gasteiger partial charge in [0.15, 0.2) is 0 Å². The predicted molar refractivity (Wildman–Crippen MR) is 71.2 cm³/mol. The third-order valence-electron chi connectivity index (χ3n) is 2.01. The van der Waals surface area contributed by atoms with E-state index in [-0.39, 0.29) is 0 Å². The van der Waals surface area contributed by atoms with E-state index >= 15 is 0 Å². The van der Waals surface area contributed by atoms with Crippen LogP contribution in [-0.4, -0.2) is 35.0 Å². The van der Waals surface area contributed by atoms with Gasteiger partial charge >= 0.3 is 5.97 Å². The lowest BCUT2D eigenvalue weighted by Crippen LogP contribution is -2.40. The van der Waals surface area contributed by atoms with E-state index in [9.17, 15) is 9.59 Å². The van der Waals surface area contributed by atoms with Crippen molar-refractivity contribution >= 4 is 46.6 Å². The Balaban J connectivity index is 2.60. The fraction of sp³-hybridized carbons (Fsp3) is 0.400. The van der Waals surface area contributed by atoms with Gasteiger partial charge in [0, 0.05) is 0 Å². The molecule has 1 aromatic rings. The molecule has 1 aromatic heterocycles. The molecule has 0 aliphatic rings. The van der Waals surface area contributed by atoms with Gasteiger partial charge in [0.1, 0.15) is 6.04 Å². The van der Waals surface area contributed by atoms with Crippen molar-refractivity contribution in [3.63, 3.8) is 0 Å². The first-order valence-electron chi connectivity index (χ1n) is 4.82. The topological polar surface area (TPSA) is 66.4 Å². The Morgan fingerprint density at radius 1 is 1.59 bits per heavy atom. The van der Waals surface area contributed by atoms with Gasteiger partial charge in [0.25, 0.3) is 5.91 Å². The van der Waals surface area contributed by atoms with Crippen LogP contribution in [0.15, 0.2) is 12.1 Å². The van der Waals surface area contributed by atoms with Gasteiger partial charge in [-0.25, -0.2) is 4.79 Å². The summed E-state index contributed by atoms with van der Waals surface area (Å²) in [7, 11) is 0. The van der Waals surface area contributed by atoms with Crippen LogP contribution in [0.4, 0.5) is 0 Å². The second-order valence-electron chi connectivity index (χ2n) is 3.25. The standard InChI is InChI=1S/C10H12ClNO3S2/c1-16-5-4-6(10(14)15)12-9(13)7-2-3-8(11)17-7/h2-3,6H,4-5H2,1H3,(H,12,13)(H,14,15)/t6-/m1/s1. The number of halogens is 1. The second kappa shape index (κ2) is 6.88. The lowest BCUT2D eigenvalue weighted by atomic mass is 10.2. The molecule has 2 N–H and O–H groups in total. The molecule has 0 fully saturated rings. The van der Waals surface area contributed by atoms with Gasteiger partial charge in [0.2, 0.25) is 0 Å². The summed E-state index contributed by atoms with van der Waals surface area (Å²) in [6.07, 6.45) is 2.29. The lowest BCUT2D eigenvalue weighted by molar-refractivity contribution is -0.139. The first-order chi connectivity index (χ1) is 8.04. The van der Waals surface area contributed by atoms with Gasteiger partial charge in [-0.1, -0.05) is 11.6 Å². The van der Waals surface area contributed by atoms with Gasteiger partial charge in [-0.3, -0.25) is 4.79 Å². The predicted octanol–water partition coefficient (Wildman–Crippen LogP) is 2.34. The molecular weight excluding hydrogens is 282 g/mol. The number of hydrogen-bond acceptors (Lipinski definition) is 4. The number of thiophene rings is 1. The van der Waals surface area contributed by atoms with E-state index in [0.717, 1.165) is 11.3 Å². The Kier molecular flexibility index (Phi) is 5.80. The minimum absolute atomic E-state index is 0.393. The van der Waals surface area contributed by atoms with Gasteiger partial charge < -0.3 is 10.4 Å². The third kappa shape index (κ3) is 4.57. The number of carboxylic acids is 1. The van der Waals surface area contributed by atoms with Gasteiger partial charge in [0.05, 0.1) is 9.21 Å². The van der Waals surface area contributed by atoms with Gasteiger partial charge in [-0.2, -0.15) is 11.8 Å². The molecule has 94 valence electrons. The van der Waals surface area contributed by atoms with Crippen LogP contribution in [-0.2, 0) is 4.79 Å². The van der Waals surface area contributed by atoms with Crippen LogP contribution in [0.1, 0.15) is 16.1 Å². The van der Waals surface area contributed by atoms with E-state index in [4.69, 9.17) is 16.7 Å². The zero-order valence-electron chi connectivity index (χ0n) is 9.10. The quantitative estimate of drug-likeness (QED) is 0.845.